The van der Waals surface area contributed by atoms with E-state index >= 15 is 0 Å². The van der Waals surface area contributed by atoms with Crippen LogP contribution in [0, 0.1) is 17.0 Å². The van der Waals surface area contributed by atoms with Gasteiger partial charge in [0, 0.05) is 37.8 Å². The minimum Gasteiger partial charge on any atom is -0.358 e. The molecule has 1 amide bonds. The van der Waals surface area contributed by atoms with Gasteiger partial charge in [-0.05, 0) is 36.5 Å². The second-order valence-corrected chi connectivity index (χ2v) is 6.84. The quantitative estimate of drug-likeness (QED) is 0.511. The fourth-order valence-electron chi connectivity index (χ4n) is 3.46. The van der Waals surface area contributed by atoms with Crippen molar-refractivity contribution in [2.45, 2.75) is 13.3 Å². The van der Waals surface area contributed by atoms with Crippen molar-refractivity contribution in [1.82, 2.24) is 19.5 Å². The average molecular weight is 380 g/mol. The van der Waals surface area contributed by atoms with Crippen molar-refractivity contribution in [3.8, 4) is 0 Å². The van der Waals surface area contributed by atoms with Gasteiger partial charge in [0.1, 0.15) is 6.20 Å². The molecule has 1 aromatic carbocycles. The summed E-state index contributed by atoms with van der Waals surface area (Å²) in [4.78, 5) is 31.4. The maximum Gasteiger partial charge on any atom is 0.368 e. The maximum atomic E-state index is 12.8. The number of anilines is 1. The largest absolute Gasteiger partial charge is 0.368 e. The number of nitrogens with zero attached hydrogens (tertiary/aromatic N) is 6. The lowest BCUT2D eigenvalue weighted by Gasteiger charge is -2.22. The number of fused-ring (bicyclic) bond motifs is 1. The zero-order chi connectivity index (χ0) is 19.7. The Balaban J connectivity index is 1.52. The molecule has 0 N–H and O–H groups in total. The molecule has 1 fully saturated rings. The van der Waals surface area contributed by atoms with Gasteiger partial charge in [0.15, 0.2) is 5.82 Å². The topological polar surface area (TPSA) is 96.9 Å². The van der Waals surface area contributed by atoms with Crippen molar-refractivity contribution in [3.05, 3.63) is 63.8 Å². The second-order valence-electron chi connectivity index (χ2n) is 6.84. The Kier molecular flexibility index (Phi) is 4.64. The van der Waals surface area contributed by atoms with Gasteiger partial charge in [0.05, 0.1) is 0 Å². The van der Waals surface area contributed by atoms with Crippen LogP contribution in [0.4, 0.5) is 11.6 Å². The van der Waals surface area contributed by atoms with Crippen LogP contribution < -0.4 is 4.90 Å². The van der Waals surface area contributed by atoms with Gasteiger partial charge in [-0.2, -0.15) is 0 Å². The van der Waals surface area contributed by atoms with Gasteiger partial charge in [0.2, 0.25) is 5.65 Å². The summed E-state index contributed by atoms with van der Waals surface area (Å²) < 4.78 is 1.25. The molecule has 3 aromatic rings. The van der Waals surface area contributed by atoms with Crippen LogP contribution in [0.3, 0.4) is 0 Å². The number of imidazole rings is 1. The lowest BCUT2D eigenvalue weighted by molar-refractivity contribution is -0.391. The van der Waals surface area contributed by atoms with E-state index in [0.29, 0.717) is 36.7 Å². The van der Waals surface area contributed by atoms with Crippen LogP contribution >= 0.6 is 0 Å². The van der Waals surface area contributed by atoms with Gasteiger partial charge in [-0.3, -0.25) is 4.79 Å². The lowest BCUT2D eigenvalue weighted by atomic mass is 10.1. The SMILES string of the molecule is Cc1cccc(C(=O)N2CCCN(c3ccc4ncc([N+](=O)[O-])n4n3)CC2)c1. The van der Waals surface area contributed by atoms with Crippen molar-refractivity contribution in [1.29, 1.82) is 0 Å². The molecular formula is C19H20N6O3. The molecule has 9 heteroatoms. The van der Waals surface area contributed by atoms with E-state index in [0.717, 1.165) is 18.5 Å². The highest BCUT2D eigenvalue weighted by molar-refractivity contribution is 5.94. The van der Waals surface area contributed by atoms with Gasteiger partial charge in [-0.1, -0.05) is 27.3 Å². The van der Waals surface area contributed by atoms with Gasteiger partial charge in [-0.25, -0.2) is 4.98 Å². The number of aryl methyl sites for hydroxylation is 1. The van der Waals surface area contributed by atoms with E-state index in [1.165, 1.54) is 10.7 Å². The minimum atomic E-state index is -0.499. The van der Waals surface area contributed by atoms with Crippen molar-refractivity contribution in [3.63, 3.8) is 0 Å². The summed E-state index contributed by atoms with van der Waals surface area (Å²) in [6, 6.07) is 11.1. The minimum absolute atomic E-state index is 0.0270. The van der Waals surface area contributed by atoms with Crippen LogP contribution in [0.1, 0.15) is 22.3 Å². The number of nitro groups is 1. The van der Waals surface area contributed by atoms with Crippen LogP contribution in [0.25, 0.3) is 5.65 Å². The highest BCUT2D eigenvalue weighted by Gasteiger charge is 2.23. The predicted molar refractivity (Wildman–Crippen MR) is 104 cm³/mol. The van der Waals surface area contributed by atoms with Crippen LogP contribution in [0.5, 0.6) is 0 Å². The number of aromatic nitrogens is 3. The Morgan fingerprint density at radius 3 is 2.79 bits per heavy atom. The van der Waals surface area contributed by atoms with Crippen molar-refractivity contribution < 1.29 is 9.72 Å². The molecule has 1 saturated heterocycles. The molecule has 1 aliphatic heterocycles. The van der Waals surface area contributed by atoms with E-state index < -0.39 is 4.92 Å². The molecule has 0 unspecified atom stereocenters. The summed E-state index contributed by atoms with van der Waals surface area (Å²) in [6.45, 7) is 4.53. The van der Waals surface area contributed by atoms with Gasteiger partial charge < -0.3 is 19.9 Å². The Morgan fingerprint density at radius 1 is 1.14 bits per heavy atom. The van der Waals surface area contributed by atoms with E-state index in [9.17, 15) is 14.9 Å². The zero-order valence-electron chi connectivity index (χ0n) is 15.5. The highest BCUT2D eigenvalue weighted by Crippen LogP contribution is 2.19. The molecule has 0 bridgehead atoms. The number of hydrogen-bond acceptors (Lipinski definition) is 6. The van der Waals surface area contributed by atoms with E-state index in [1.54, 1.807) is 6.07 Å². The lowest BCUT2D eigenvalue weighted by Crippen LogP contribution is -2.35. The first-order valence-corrected chi connectivity index (χ1v) is 9.13. The first-order chi connectivity index (χ1) is 13.5. The van der Waals surface area contributed by atoms with Gasteiger partial charge in [-0.15, -0.1) is 0 Å². The van der Waals surface area contributed by atoms with Crippen molar-refractivity contribution in [2.24, 2.45) is 0 Å². The number of hydrogen-bond donors (Lipinski definition) is 0. The smallest absolute Gasteiger partial charge is 0.358 e. The highest BCUT2D eigenvalue weighted by atomic mass is 16.6. The normalized spacial score (nSPS) is 14.9. The maximum absolute atomic E-state index is 12.8. The fourth-order valence-corrected chi connectivity index (χ4v) is 3.46. The molecule has 28 heavy (non-hydrogen) atoms. The van der Waals surface area contributed by atoms with Crippen LogP contribution in [-0.2, 0) is 0 Å². The predicted octanol–water partition coefficient (Wildman–Crippen LogP) is 2.30. The number of benzene rings is 1. The Hall–Kier alpha value is -3.49. The van der Waals surface area contributed by atoms with Crippen LogP contribution in [0.15, 0.2) is 42.6 Å². The van der Waals surface area contributed by atoms with E-state index in [2.05, 4.69) is 10.1 Å². The summed E-state index contributed by atoms with van der Waals surface area (Å²) in [5.74, 6) is 0.501. The van der Waals surface area contributed by atoms with Gasteiger partial charge in [0.25, 0.3) is 5.91 Å². The first kappa shape index (κ1) is 17.9. The molecule has 4 rings (SSSR count). The molecule has 0 aliphatic carbocycles. The fraction of sp³-hybridized carbons (Fsp3) is 0.316. The molecule has 0 radical (unpaired) electrons. The molecule has 0 spiro atoms. The number of carbonyl (C=O) groups is 1. The first-order valence-electron chi connectivity index (χ1n) is 9.13. The molecule has 9 nitrogen and oxygen atoms in total. The summed E-state index contributed by atoms with van der Waals surface area (Å²) in [6.07, 6.45) is 2.00. The molecular weight excluding hydrogens is 360 g/mol. The van der Waals surface area contributed by atoms with Crippen molar-refractivity contribution >= 4 is 23.2 Å². The summed E-state index contributed by atoms with van der Waals surface area (Å²) in [7, 11) is 0. The molecule has 0 saturated carbocycles. The Bertz CT molecular complexity index is 1050. The average Bonchev–Trinajstić information content (AvgIpc) is 2.96. The van der Waals surface area contributed by atoms with Crippen LogP contribution in [-0.4, -0.2) is 56.5 Å². The zero-order valence-corrected chi connectivity index (χ0v) is 15.5. The van der Waals surface area contributed by atoms with Crippen molar-refractivity contribution in [2.75, 3.05) is 31.1 Å². The van der Waals surface area contributed by atoms with E-state index in [4.69, 9.17) is 0 Å². The Labute approximate surface area is 161 Å². The molecule has 1 aliphatic rings. The molecule has 0 atom stereocenters. The number of carbonyl (C=O) groups excluding carboxylic acids is 1. The van der Waals surface area contributed by atoms with Crippen LogP contribution in [0.2, 0.25) is 0 Å². The second kappa shape index (κ2) is 7.26. The standard InChI is InChI=1S/C19H20N6O3/c1-14-4-2-5-15(12-14)19(26)23-9-3-8-22(10-11-23)17-7-6-16-20-13-18(25(27)28)24(16)21-17/h2,4-7,12-13H,3,8-11H2,1H3. The third-order valence-electron chi connectivity index (χ3n) is 4.89. The molecule has 144 valence electrons. The molecule has 3 heterocycles. The third-order valence-corrected chi connectivity index (χ3v) is 4.89. The van der Waals surface area contributed by atoms with E-state index in [1.807, 2.05) is 47.1 Å². The summed E-state index contributed by atoms with van der Waals surface area (Å²) in [5, 5.41) is 15.5. The number of amides is 1. The summed E-state index contributed by atoms with van der Waals surface area (Å²) in [5.41, 5.74) is 2.19. The summed E-state index contributed by atoms with van der Waals surface area (Å²) >= 11 is 0. The number of rotatable bonds is 3. The monoisotopic (exact) mass is 380 g/mol. The third kappa shape index (κ3) is 3.38. The van der Waals surface area contributed by atoms with E-state index in [-0.39, 0.29) is 11.7 Å². The molecule has 2 aromatic heterocycles. The Morgan fingerprint density at radius 2 is 2.00 bits per heavy atom. The van der Waals surface area contributed by atoms with Gasteiger partial charge >= 0.3 is 5.82 Å².